The number of ether oxygens (including phenoxy) is 1. The van der Waals surface area contributed by atoms with Gasteiger partial charge in [-0.25, -0.2) is 4.79 Å². The van der Waals surface area contributed by atoms with Gasteiger partial charge in [0.1, 0.15) is 0 Å². The molecule has 0 amide bonds. The molecule has 0 aliphatic carbocycles. The number of carbonyl (C=O) groups is 1. The molecule has 0 radical (unpaired) electrons. The fourth-order valence-electron chi connectivity index (χ4n) is 1.94. The second kappa shape index (κ2) is 4.87. The molecule has 0 aliphatic rings. The quantitative estimate of drug-likeness (QED) is 0.507. The Kier molecular flexibility index (Phi) is 3.27. The number of hydrogen-bond acceptors (Lipinski definition) is 4. The number of benzene rings is 1. The van der Waals surface area contributed by atoms with Gasteiger partial charge in [0.2, 0.25) is 6.54 Å². The minimum atomic E-state index is -0.442. The molecule has 0 saturated carbocycles. The van der Waals surface area contributed by atoms with Crippen LogP contribution in [0.2, 0.25) is 0 Å². The molecule has 0 saturated heterocycles. The number of H-pyrrole nitrogens is 1. The minimum absolute atomic E-state index is 0.164. The summed E-state index contributed by atoms with van der Waals surface area (Å²) < 4.78 is 4.71. The number of nitrogens with zero attached hydrogens (tertiary/aromatic N) is 1. The normalized spacial score (nSPS) is 10.5. The van der Waals surface area contributed by atoms with Crippen LogP contribution in [0.3, 0.4) is 0 Å². The van der Waals surface area contributed by atoms with Gasteiger partial charge in [-0.3, -0.25) is 10.1 Å². The molecular weight excluding hydrogens is 236 g/mol. The topological polar surface area (TPSA) is 85.2 Å². The van der Waals surface area contributed by atoms with E-state index in [1.165, 1.54) is 7.11 Å². The van der Waals surface area contributed by atoms with Gasteiger partial charge in [0, 0.05) is 28.4 Å². The molecule has 0 atom stereocenters. The third-order valence-electron chi connectivity index (χ3n) is 2.76. The van der Waals surface area contributed by atoms with E-state index in [1.54, 1.807) is 18.3 Å². The van der Waals surface area contributed by atoms with E-state index in [2.05, 4.69) is 4.98 Å². The lowest BCUT2D eigenvalue weighted by molar-refractivity contribution is -0.479. The van der Waals surface area contributed by atoms with Crippen LogP contribution in [-0.4, -0.2) is 29.5 Å². The maximum Gasteiger partial charge on any atom is 0.338 e. The van der Waals surface area contributed by atoms with Crippen LogP contribution in [0.1, 0.15) is 15.9 Å². The van der Waals surface area contributed by atoms with Gasteiger partial charge in [-0.05, 0) is 17.7 Å². The van der Waals surface area contributed by atoms with Crippen LogP contribution in [0, 0.1) is 10.1 Å². The molecule has 6 nitrogen and oxygen atoms in total. The van der Waals surface area contributed by atoms with Crippen LogP contribution in [0.25, 0.3) is 10.9 Å². The maximum absolute atomic E-state index is 11.6. The zero-order chi connectivity index (χ0) is 13.1. The fraction of sp³-hybridized carbons (Fsp3) is 0.250. The average Bonchev–Trinajstić information content (AvgIpc) is 2.78. The summed E-state index contributed by atoms with van der Waals surface area (Å²) >= 11 is 0. The van der Waals surface area contributed by atoms with Crippen molar-refractivity contribution in [2.45, 2.75) is 6.42 Å². The summed E-state index contributed by atoms with van der Waals surface area (Å²) in [7, 11) is 1.31. The van der Waals surface area contributed by atoms with E-state index in [0.717, 1.165) is 11.1 Å². The average molecular weight is 248 g/mol. The molecule has 1 N–H and O–H groups in total. The Morgan fingerprint density at radius 1 is 1.50 bits per heavy atom. The van der Waals surface area contributed by atoms with E-state index in [4.69, 9.17) is 4.74 Å². The molecular formula is C12H12N2O4. The summed E-state index contributed by atoms with van der Waals surface area (Å²) in [4.78, 5) is 24.7. The Labute approximate surface area is 103 Å². The highest BCUT2D eigenvalue weighted by Crippen LogP contribution is 2.23. The molecule has 1 aromatic carbocycles. The van der Waals surface area contributed by atoms with Gasteiger partial charge in [-0.2, -0.15) is 0 Å². The number of rotatable bonds is 4. The molecule has 2 rings (SSSR count). The Hall–Kier alpha value is -2.37. The second-order valence-corrected chi connectivity index (χ2v) is 3.84. The summed E-state index contributed by atoms with van der Waals surface area (Å²) in [5, 5.41) is 11.1. The molecule has 0 spiro atoms. The number of fused-ring (bicyclic) bond motifs is 1. The predicted octanol–water partition coefficient (Wildman–Crippen LogP) is 1.77. The molecule has 0 bridgehead atoms. The highest BCUT2D eigenvalue weighted by molar-refractivity contribution is 6.05. The van der Waals surface area contributed by atoms with Gasteiger partial charge in [0.15, 0.2) is 0 Å². The molecule has 18 heavy (non-hydrogen) atoms. The van der Waals surface area contributed by atoms with Crippen molar-refractivity contribution in [3.05, 3.63) is 45.6 Å². The summed E-state index contributed by atoms with van der Waals surface area (Å²) in [5.41, 5.74) is 1.95. The number of nitrogens with one attached hydrogen (secondary N) is 1. The van der Waals surface area contributed by atoms with Gasteiger partial charge < -0.3 is 9.72 Å². The second-order valence-electron chi connectivity index (χ2n) is 3.84. The van der Waals surface area contributed by atoms with Gasteiger partial charge >= 0.3 is 5.97 Å². The monoisotopic (exact) mass is 248 g/mol. The molecule has 6 heteroatoms. The van der Waals surface area contributed by atoms with Gasteiger partial charge in [0.05, 0.1) is 12.7 Å². The Bertz CT molecular complexity index is 603. The highest BCUT2D eigenvalue weighted by Gasteiger charge is 2.15. The summed E-state index contributed by atoms with van der Waals surface area (Å²) in [6.45, 7) is -0.164. The zero-order valence-corrected chi connectivity index (χ0v) is 9.80. The van der Waals surface area contributed by atoms with Crippen molar-refractivity contribution in [1.82, 2.24) is 4.98 Å². The first-order valence-electron chi connectivity index (χ1n) is 5.42. The predicted molar refractivity (Wildman–Crippen MR) is 65.2 cm³/mol. The number of aromatic amines is 1. The molecule has 0 unspecified atom stereocenters. The zero-order valence-electron chi connectivity index (χ0n) is 9.80. The molecule has 1 heterocycles. The highest BCUT2D eigenvalue weighted by atomic mass is 16.6. The van der Waals surface area contributed by atoms with Gasteiger partial charge in [0.25, 0.3) is 0 Å². The molecule has 2 aromatic rings. The first-order chi connectivity index (χ1) is 8.63. The maximum atomic E-state index is 11.6. The number of carbonyl (C=O) groups excluding carboxylic acids is 1. The molecule has 0 fully saturated rings. The standard InChI is InChI=1S/C12H12N2O4/c1-18-12(15)9-3-2-4-10-11(9)8(7-13-10)5-6-14(16)17/h2-4,7,13H,5-6H2,1H3. The number of methoxy groups -OCH3 is 1. The number of esters is 1. The molecule has 94 valence electrons. The van der Waals surface area contributed by atoms with Crippen LogP contribution in [0.5, 0.6) is 0 Å². The Balaban J connectivity index is 2.48. The smallest absolute Gasteiger partial charge is 0.338 e. The fourth-order valence-corrected chi connectivity index (χ4v) is 1.94. The van der Waals surface area contributed by atoms with Crippen molar-refractivity contribution < 1.29 is 14.5 Å². The summed E-state index contributed by atoms with van der Waals surface area (Å²) in [5.74, 6) is -0.442. The third-order valence-corrected chi connectivity index (χ3v) is 2.76. The number of hydrogen-bond donors (Lipinski definition) is 1. The number of aromatic nitrogens is 1. The van der Waals surface area contributed by atoms with Gasteiger partial charge in [-0.1, -0.05) is 6.07 Å². The van der Waals surface area contributed by atoms with Crippen LogP contribution in [0.15, 0.2) is 24.4 Å². The first kappa shape index (κ1) is 12.1. The lowest BCUT2D eigenvalue weighted by Gasteiger charge is -2.03. The van der Waals surface area contributed by atoms with Crippen molar-refractivity contribution in [2.24, 2.45) is 0 Å². The lowest BCUT2D eigenvalue weighted by atomic mass is 10.0. The SMILES string of the molecule is COC(=O)c1cccc2[nH]cc(CC[N+](=O)[O-])c12. The van der Waals surface area contributed by atoms with Crippen LogP contribution >= 0.6 is 0 Å². The summed E-state index contributed by atoms with van der Waals surface area (Å²) in [6, 6.07) is 5.21. The molecule has 1 aromatic heterocycles. The third kappa shape index (κ3) is 2.17. The minimum Gasteiger partial charge on any atom is -0.465 e. The van der Waals surface area contributed by atoms with Crippen molar-refractivity contribution in [3.63, 3.8) is 0 Å². The number of nitro groups is 1. The van der Waals surface area contributed by atoms with Crippen molar-refractivity contribution >= 4 is 16.9 Å². The largest absolute Gasteiger partial charge is 0.465 e. The lowest BCUT2D eigenvalue weighted by Crippen LogP contribution is -2.06. The van der Waals surface area contributed by atoms with Crippen molar-refractivity contribution in [2.75, 3.05) is 13.7 Å². The first-order valence-corrected chi connectivity index (χ1v) is 5.42. The Morgan fingerprint density at radius 3 is 2.94 bits per heavy atom. The Morgan fingerprint density at radius 2 is 2.28 bits per heavy atom. The van der Waals surface area contributed by atoms with E-state index in [9.17, 15) is 14.9 Å². The van der Waals surface area contributed by atoms with Crippen molar-refractivity contribution in [3.8, 4) is 0 Å². The van der Waals surface area contributed by atoms with Gasteiger partial charge in [-0.15, -0.1) is 0 Å². The van der Waals surface area contributed by atoms with E-state index in [1.807, 2.05) is 6.07 Å². The van der Waals surface area contributed by atoms with E-state index >= 15 is 0 Å². The van der Waals surface area contributed by atoms with Crippen LogP contribution in [0.4, 0.5) is 0 Å². The molecule has 0 aliphatic heterocycles. The van der Waals surface area contributed by atoms with Crippen LogP contribution < -0.4 is 0 Å². The van der Waals surface area contributed by atoms with E-state index in [0.29, 0.717) is 10.9 Å². The van der Waals surface area contributed by atoms with Crippen molar-refractivity contribution in [1.29, 1.82) is 0 Å². The van der Waals surface area contributed by atoms with E-state index in [-0.39, 0.29) is 17.9 Å². The van der Waals surface area contributed by atoms with E-state index < -0.39 is 5.97 Å². The van der Waals surface area contributed by atoms with Crippen LogP contribution in [-0.2, 0) is 11.2 Å². The summed E-state index contributed by atoms with van der Waals surface area (Å²) in [6.07, 6.45) is 1.97.